The number of anilines is 1. The van der Waals surface area contributed by atoms with Gasteiger partial charge < -0.3 is 15.6 Å². The zero-order valence-corrected chi connectivity index (χ0v) is 10.6. The predicted molar refractivity (Wildman–Crippen MR) is 68.5 cm³/mol. The van der Waals surface area contributed by atoms with Gasteiger partial charge in [-0.2, -0.15) is 0 Å². The van der Waals surface area contributed by atoms with E-state index >= 15 is 0 Å². The smallest absolute Gasteiger partial charge is 0.271 e. The summed E-state index contributed by atoms with van der Waals surface area (Å²) in [5, 5.41) is 0.132. The Balaban J connectivity index is 2.26. The number of rotatable bonds is 2. The van der Waals surface area contributed by atoms with E-state index in [4.69, 9.17) is 17.3 Å². The largest absolute Gasteiger partial charge is 0.354 e. The Kier molecular flexibility index (Phi) is 3.69. The minimum Gasteiger partial charge on any atom is -0.354 e. The van der Waals surface area contributed by atoms with Crippen molar-refractivity contribution in [2.24, 2.45) is 5.73 Å². The van der Waals surface area contributed by atoms with E-state index in [9.17, 15) is 4.79 Å². The molecule has 0 aliphatic heterocycles. The van der Waals surface area contributed by atoms with Gasteiger partial charge in [-0.3, -0.25) is 4.79 Å². The molecule has 94 valence electrons. The molecule has 1 aliphatic rings. The van der Waals surface area contributed by atoms with Gasteiger partial charge >= 0.3 is 0 Å². The summed E-state index contributed by atoms with van der Waals surface area (Å²) in [7, 11) is 1.89. The second-order valence-corrected chi connectivity index (χ2v) is 4.87. The number of hydrogen-bond acceptors (Lipinski definition) is 4. The number of aromatic nitrogens is 2. The molecule has 0 aromatic carbocycles. The van der Waals surface area contributed by atoms with Gasteiger partial charge in [0.15, 0.2) is 5.82 Å². The van der Waals surface area contributed by atoms with Gasteiger partial charge in [0.05, 0.1) is 6.33 Å². The standard InChI is InChI=1S/C11H17ClN4O/c1-16(8-5-3-2-4-7(8)13)10-9(12)11(17)15-6-14-10/h6-8H,2-5,13H2,1H3,(H,14,15,17). The number of nitrogens with one attached hydrogen (secondary N) is 1. The molecule has 2 atom stereocenters. The number of nitrogens with two attached hydrogens (primary N) is 1. The maximum absolute atomic E-state index is 11.4. The summed E-state index contributed by atoms with van der Waals surface area (Å²) in [6.07, 6.45) is 5.72. The summed E-state index contributed by atoms with van der Waals surface area (Å²) in [4.78, 5) is 19.9. The van der Waals surface area contributed by atoms with Gasteiger partial charge in [0.25, 0.3) is 5.56 Å². The Labute approximate surface area is 105 Å². The molecule has 1 aromatic rings. The van der Waals surface area contributed by atoms with Crippen molar-refractivity contribution in [3.05, 3.63) is 21.7 Å². The Hall–Kier alpha value is -1.07. The summed E-state index contributed by atoms with van der Waals surface area (Å²) in [6, 6.07) is 0.321. The summed E-state index contributed by atoms with van der Waals surface area (Å²) < 4.78 is 0. The fourth-order valence-electron chi connectivity index (χ4n) is 2.40. The van der Waals surface area contributed by atoms with E-state index < -0.39 is 0 Å². The first-order chi connectivity index (χ1) is 8.11. The van der Waals surface area contributed by atoms with Crippen molar-refractivity contribution in [3.63, 3.8) is 0 Å². The molecular weight excluding hydrogens is 240 g/mol. The Morgan fingerprint density at radius 3 is 2.94 bits per heavy atom. The lowest BCUT2D eigenvalue weighted by molar-refractivity contribution is 0.372. The van der Waals surface area contributed by atoms with Gasteiger partial charge in [-0.25, -0.2) is 4.98 Å². The van der Waals surface area contributed by atoms with Crippen LogP contribution in [0.1, 0.15) is 25.7 Å². The first-order valence-corrected chi connectivity index (χ1v) is 6.20. The van der Waals surface area contributed by atoms with Crippen molar-refractivity contribution in [2.75, 3.05) is 11.9 Å². The highest BCUT2D eigenvalue weighted by Crippen LogP contribution is 2.26. The van der Waals surface area contributed by atoms with Crippen LogP contribution in [-0.2, 0) is 0 Å². The molecule has 0 spiro atoms. The van der Waals surface area contributed by atoms with Crippen LogP contribution in [0.3, 0.4) is 0 Å². The minimum atomic E-state index is -0.312. The average molecular weight is 257 g/mol. The lowest BCUT2D eigenvalue weighted by atomic mass is 9.90. The van der Waals surface area contributed by atoms with Crippen LogP contribution in [-0.4, -0.2) is 29.1 Å². The maximum Gasteiger partial charge on any atom is 0.271 e. The van der Waals surface area contributed by atoms with Gasteiger partial charge in [-0.15, -0.1) is 0 Å². The third-order valence-electron chi connectivity index (χ3n) is 3.39. The summed E-state index contributed by atoms with van der Waals surface area (Å²) in [5.74, 6) is 0.512. The molecule has 17 heavy (non-hydrogen) atoms. The number of aromatic amines is 1. The van der Waals surface area contributed by atoms with E-state index in [1.807, 2.05) is 11.9 Å². The number of hydrogen-bond donors (Lipinski definition) is 2. The molecule has 1 aliphatic carbocycles. The lowest BCUT2D eigenvalue weighted by Gasteiger charge is -2.36. The molecule has 2 rings (SSSR count). The van der Waals surface area contributed by atoms with Crippen LogP contribution in [0, 0.1) is 0 Å². The molecule has 0 amide bonds. The third kappa shape index (κ3) is 2.45. The highest BCUT2D eigenvalue weighted by molar-refractivity contribution is 6.32. The molecule has 5 nitrogen and oxygen atoms in total. The minimum absolute atomic E-state index is 0.117. The van der Waals surface area contributed by atoms with Crippen molar-refractivity contribution < 1.29 is 0 Å². The van der Waals surface area contributed by atoms with Crippen LogP contribution in [0.2, 0.25) is 5.02 Å². The Bertz CT molecular complexity index is 447. The van der Waals surface area contributed by atoms with E-state index in [0.29, 0.717) is 5.82 Å². The van der Waals surface area contributed by atoms with Crippen LogP contribution in [0.15, 0.2) is 11.1 Å². The molecule has 0 radical (unpaired) electrons. The van der Waals surface area contributed by atoms with E-state index in [-0.39, 0.29) is 22.7 Å². The van der Waals surface area contributed by atoms with Gasteiger partial charge in [-0.1, -0.05) is 24.4 Å². The average Bonchev–Trinajstić information content (AvgIpc) is 2.32. The van der Waals surface area contributed by atoms with Crippen molar-refractivity contribution >= 4 is 17.4 Å². The molecule has 3 N–H and O–H groups in total. The summed E-state index contributed by atoms with van der Waals surface area (Å²) in [6.45, 7) is 0. The van der Waals surface area contributed by atoms with Crippen molar-refractivity contribution in [2.45, 2.75) is 37.8 Å². The molecule has 6 heteroatoms. The summed E-state index contributed by atoms with van der Waals surface area (Å²) >= 11 is 5.97. The van der Waals surface area contributed by atoms with E-state index in [0.717, 1.165) is 19.3 Å². The third-order valence-corrected chi connectivity index (χ3v) is 3.73. The quantitative estimate of drug-likeness (QED) is 0.832. The molecule has 1 saturated carbocycles. The fourth-order valence-corrected chi connectivity index (χ4v) is 2.63. The molecule has 1 aromatic heterocycles. The number of nitrogens with zero attached hydrogens (tertiary/aromatic N) is 2. The van der Waals surface area contributed by atoms with Crippen molar-refractivity contribution in [1.82, 2.24) is 9.97 Å². The first-order valence-electron chi connectivity index (χ1n) is 5.83. The Morgan fingerprint density at radius 2 is 2.24 bits per heavy atom. The number of H-pyrrole nitrogens is 1. The molecule has 0 saturated heterocycles. The Morgan fingerprint density at radius 1 is 1.53 bits per heavy atom. The second kappa shape index (κ2) is 5.06. The van der Waals surface area contributed by atoms with E-state index in [2.05, 4.69) is 9.97 Å². The highest BCUT2D eigenvalue weighted by atomic mass is 35.5. The van der Waals surface area contributed by atoms with Crippen LogP contribution in [0.4, 0.5) is 5.82 Å². The van der Waals surface area contributed by atoms with E-state index in [1.165, 1.54) is 12.7 Å². The second-order valence-electron chi connectivity index (χ2n) is 4.50. The predicted octanol–water partition coefficient (Wildman–Crippen LogP) is 1.13. The van der Waals surface area contributed by atoms with Crippen LogP contribution >= 0.6 is 11.6 Å². The molecule has 1 fully saturated rings. The monoisotopic (exact) mass is 256 g/mol. The van der Waals surface area contributed by atoms with Crippen LogP contribution in [0.5, 0.6) is 0 Å². The van der Waals surface area contributed by atoms with Gasteiger partial charge in [-0.05, 0) is 12.8 Å². The summed E-state index contributed by atoms with van der Waals surface area (Å²) in [5.41, 5.74) is 5.79. The van der Waals surface area contributed by atoms with Crippen LogP contribution in [0.25, 0.3) is 0 Å². The van der Waals surface area contributed by atoms with Crippen molar-refractivity contribution in [3.8, 4) is 0 Å². The van der Waals surface area contributed by atoms with Crippen LogP contribution < -0.4 is 16.2 Å². The number of likely N-dealkylation sites (N-methyl/N-ethyl adjacent to an activating group) is 1. The van der Waals surface area contributed by atoms with Crippen molar-refractivity contribution in [1.29, 1.82) is 0 Å². The molecule has 1 heterocycles. The SMILES string of the molecule is CN(c1nc[nH]c(=O)c1Cl)C1CCCCC1N. The highest BCUT2D eigenvalue weighted by Gasteiger charge is 2.27. The van der Waals surface area contributed by atoms with Gasteiger partial charge in [0.2, 0.25) is 0 Å². The first kappa shape index (κ1) is 12.4. The normalized spacial score (nSPS) is 24.6. The topological polar surface area (TPSA) is 75.0 Å². The van der Waals surface area contributed by atoms with Gasteiger partial charge in [0, 0.05) is 19.1 Å². The lowest BCUT2D eigenvalue weighted by Crippen LogP contribution is -2.48. The maximum atomic E-state index is 11.4. The number of halogens is 1. The fraction of sp³-hybridized carbons (Fsp3) is 0.636. The molecule has 2 unspecified atom stereocenters. The van der Waals surface area contributed by atoms with Gasteiger partial charge in [0.1, 0.15) is 5.02 Å². The zero-order valence-electron chi connectivity index (χ0n) is 9.82. The molecule has 0 bridgehead atoms. The zero-order chi connectivity index (χ0) is 12.4. The van der Waals surface area contributed by atoms with E-state index in [1.54, 1.807) is 0 Å². The molecular formula is C11H17ClN4O.